The zero-order valence-corrected chi connectivity index (χ0v) is 14.2. The highest BCUT2D eigenvalue weighted by molar-refractivity contribution is 5.90. The molecule has 0 amide bonds. The lowest BCUT2D eigenvalue weighted by atomic mass is 10.2. The quantitative estimate of drug-likeness (QED) is 0.559. The van der Waals surface area contributed by atoms with Gasteiger partial charge in [0.1, 0.15) is 17.6 Å². The van der Waals surface area contributed by atoms with Crippen molar-refractivity contribution in [1.29, 1.82) is 5.26 Å². The van der Waals surface area contributed by atoms with Crippen molar-refractivity contribution in [2.24, 2.45) is 0 Å². The Bertz CT molecular complexity index is 1090. The number of hydrogen-bond donors (Lipinski definition) is 1. The Kier molecular flexibility index (Phi) is 4.00. The molecule has 2 heterocycles. The van der Waals surface area contributed by atoms with Crippen molar-refractivity contribution in [2.45, 2.75) is 0 Å². The van der Waals surface area contributed by atoms with Crippen LogP contribution in [-0.2, 0) is 0 Å². The monoisotopic (exact) mass is 340 g/mol. The van der Waals surface area contributed by atoms with Crippen LogP contribution in [0.25, 0.3) is 28.4 Å². The highest BCUT2D eigenvalue weighted by Crippen LogP contribution is 2.22. The molecule has 4 aromatic rings. The first-order chi connectivity index (χ1) is 12.8. The van der Waals surface area contributed by atoms with Gasteiger partial charge in [0, 0.05) is 17.6 Å². The number of H-pyrrole nitrogens is 1. The van der Waals surface area contributed by atoms with Crippen LogP contribution in [0.3, 0.4) is 0 Å². The number of rotatable bonds is 4. The first-order valence-electron chi connectivity index (χ1n) is 8.17. The fraction of sp³-hybridized carbons (Fsp3) is 0.0476. The third-order valence-electron chi connectivity index (χ3n) is 4.19. The largest absolute Gasteiger partial charge is 0.497 e. The lowest BCUT2D eigenvalue weighted by molar-refractivity contribution is 0.414. The number of fused-ring (bicyclic) bond motifs is 1. The molecule has 0 spiro atoms. The van der Waals surface area contributed by atoms with Crippen molar-refractivity contribution < 1.29 is 4.74 Å². The third kappa shape index (κ3) is 2.85. The predicted octanol–water partition coefficient (Wildman–Crippen LogP) is 4.43. The summed E-state index contributed by atoms with van der Waals surface area (Å²) in [5.41, 5.74) is 4.12. The van der Waals surface area contributed by atoms with E-state index in [9.17, 15) is 5.26 Å². The Labute approximate surface area is 150 Å². The smallest absolute Gasteiger partial charge is 0.149 e. The number of nitrogens with zero attached hydrogens (tertiary/aromatic N) is 3. The molecule has 0 bridgehead atoms. The number of imidazole rings is 1. The Morgan fingerprint density at radius 2 is 1.92 bits per heavy atom. The van der Waals surface area contributed by atoms with E-state index in [1.54, 1.807) is 7.11 Å². The molecule has 0 aliphatic heterocycles. The lowest BCUT2D eigenvalue weighted by Crippen LogP contribution is -1.96. The molecule has 5 nitrogen and oxygen atoms in total. The number of hydrogen-bond acceptors (Lipinski definition) is 3. The summed E-state index contributed by atoms with van der Waals surface area (Å²) in [6, 6.07) is 21.7. The number of aromatic amines is 1. The number of nitriles is 1. The molecule has 0 saturated carbocycles. The highest BCUT2D eigenvalue weighted by Gasteiger charge is 2.09. The van der Waals surface area contributed by atoms with Crippen molar-refractivity contribution in [2.75, 3.05) is 7.11 Å². The minimum atomic E-state index is 0.481. The van der Waals surface area contributed by atoms with E-state index in [1.807, 2.05) is 77.5 Å². The SMILES string of the molecule is COc1ccc(-n2cccc2C=C(C#N)c2nc3ccccc3[nH]2)cc1. The topological polar surface area (TPSA) is 66.6 Å². The molecule has 0 atom stereocenters. The number of nitrogens with one attached hydrogen (secondary N) is 1. The van der Waals surface area contributed by atoms with Crippen LogP contribution in [0.5, 0.6) is 5.75 Å². The van der Waals surface area contributed by atoms with Crippen molar-refractivity contribution >= 4 is 22.7 Å². The van der Waals surface area contributed by atoms with Gasteiger partial charge in [-0.1, -0.05) is 12.1 Å². The first kappa shape index (κ1) is 15.7. The molecule has 0 saturated heterocycles. The van der Waals surface area contributed by atoms with Crippen molar-refractivity contribution in [3.63, 3.8) is 0 Å². The molecule has 0 fully saturated rings. The lowest BCUT2D eigenvalue weighted by Gasteiger charge is -2.08. The molecule has 2 aromatic carbocycles. The van der Waals surface area contributed by atoms with E-state index in [1.165, 1.54) is 0 Å². The van der Waals surface area contributed by atoms with Gasteiger partial charge in [-0.2, -0.15) is 5.26 Å². The fourth-order valence-corrected chi connectivity index (χ4v) is 2.87. The van der Waals surface area contributed by atoms with Crippen LogP contribution >= 0.6 is 0 Å². The van der Waals surface area contributed by atoms with Crippen LogP contribution in [0.2, 0.25) is 0 Å². The van der Waals surface area contributed by atoms with E-state index >= 15 is 0 Å². The molecule has 0 aliphatic rings. The van der Waals surface area contributed by atoms with Gasteiger partial charge in [0.25, 0.3) is 0 Å². The van der Waals surface area contributed by atoms with E-state index < -0.39 is 0 Å². The van der Waals surface area contributed by atoms with Crippen molar-refractivity contribution in [3.8, 4) is 17.5 Å². The maximum atomic E-state index is 9.63. The number of benzene rings is 2. The van der Waals surface area contributed by atoms with Crippen LogP contribution in [0.1, 0.15) is 11.5 Å². The van der Waals surface area contributed by atoms with Gasteiger partial charge in [-0.15, -0.1) is 0 Å². The summed E-state index contributed by atoms with van der Waals surface area (Å²) < 4.78 is 7.22. The Morgan fingerprint density at radius 3 is 2.65 bits per heavy atom. The molecule has 1 N–H and O–H groups in total. The maximum absolute atomic E-state index is 9.63. The molecule has 4 rings (SSSR count). The van der Waals surface area contributed by atoms with Crippen LogP contribution in [0.4, 0.5) is 0 Å². The molecular formula is C21H16N4O. The van der Waals surface area contributed by atoms with E-state index in [2.05, 4.69) is 16.0 Å². The second-order valence-corrected chi connectivity index (χ2v) is 5.77. The molecule has 2 aromatic heterocycles. The fourth-order valence-electron chi connectivity index (χ4n) is 2.87. The highest BCUT2D eigenvalue weighted by atomic mass is 16.5. The average molecular weight is 340 g/mol. The van der Waals surface area contributed by atoms with Gasteiger partial charge in [0.05, 0.1) is 23.7 Å². The number of methoxy groups -OCH3 is 1. The molecule has 0 aliphatic carbocycles. The van der Waals surface area contributed by atoms with E-state index in [0.717, 1.165) is 28.2 Å². The normalized spacial score (nSPS) is 11.5. The molecule has 26 heavy (non-hydrogen) atoms. The van der Waals surface area contributed by atoms with Gasteiger partial charge in [0.15, 0.2) is 0 Å². The summed E-state index contributed by atoms with van der Waals surface area (Å²) in [6.07, 6.45) is 3.79. The van der Waals surface area contributed by atoms with E-state index in [0.29, 0.717) is 11.4 Å². The number of aromatic nitrogens is 3. The van der Waals surface area contributed by atoms with Crippen LogP contribution in [0, 0.1) is 11.3 Å². The van der Waals surface area contributed by atoms with Gasteiger partial charge in [-0.25, -0.2) is 4.98 Å². The van der Waals surface area contributed by atoms with Crippen LogP contribution in [0.15, 0.2) is 66.9 Å². The van der Waals surface area contributed by atoms with Gasteiger partial charge < -0.3 is 14.3 Å². The average Bonchev–Trinajstić information content (AvgIpc) is 3.32. The zero-order chi connectivity index (χ0) is 17.9. The number of ether oxygens (including phenoxy) is 1. The van der Waals surface area contributed by atoms with Gasteiger partial charge >= 0.3 is 0 Å². The molecule has 0 radical (unpaired) electrons. The third-order valence-corrected chi connectivity index (χ3v) is 4.19. The summed E-state index contributed by atoms with van der Waals surface area (Å²) in [5.74, 6) is 1.37. The second kappa shape index (κ2) is 6.61. The van der Waals surface area contributed by atoms with Crippen LogP contribution < -0.4 is 4.74 Å². The molecule has 126 valence electrons. The maximum Gasteiger partial charge on any atom is 0.149 e. The summed E-state index contributed by atoms with van der Waals surface area (Å²) in [5, 5.41) is 9.63. The zero-order valence-electron chi connectivity index (χ0n) is 14.2. The number of para-hydroxylation sites is 2. The summed E-state index contributed by atoms with van der Waals surface area (Å²) >= 11 is 0. The van der Waals surface area contributed by atoms with Gasteiger partial charge in [-0.05, 0) is 54.6 Å². The standard InChI is InChI=1S/C21H16N4O/c1-26-18-10-8-16(9-11-18)25-12-4-5-17(25)13-15(14-22)21-23-19-6-2-3-7-20(19)24-21/h2-13H,1H3,(H,23,24). The van der Waals surface area contributed by atoms with Crippen molar-refractivity contribution in [1.82, 2.24) is 14.5 Å². The summed E-state index contributed by atoms with van der Waals surface area (Å²) in [6.45, 7) is 0. The molecular weight excluding hydrogens is 324 g/mol. The minimum Gasteiger partial charge on any atom is -0.497 e. The van der Waals surface area contributed by atoms with Crippen LogP contribution in [-0.4, -0.2) is 21.6 Å². The van der Waals surface area contributed by atoms with E-state index in [4.69, 9.17) is 4.74 Å². The Morgan fingerprint density at radius 1 is 1.12 bits per heavy atom. The van der Waals surface area contributed by atoms with Gasteiger partial charge in [-0.3, -0.25) is 0 Å². The predicted molar refractivity (Wildman–Crippen MR) is 102 cm³/mol. The van der Waals surface area contributed by atoms with E-state index in [-0.39, 0.29) is 0 Å². The molecule has 0 unspecified atom stereocenters. The van der Waals surface area contributed by atoms with Gasteiger partial charge in [0.2, 0.25) is 0 Å². The second-order valence-electron chi connectivity index (χ2n) is 5.77. The minimum absolute atomic E-state index is 0.481. The Hall–Kier alpha value is -3.78. The first-order valence-corrected chi connectivity index (χ1v) is 8.17. The van der Waals surface area contributed by atoms with Crippen molar-refractivity contribution in [3.05, 3.63) is 78.4 Å². The Balaban J connectivity index is 1.75. The summed E-state index contributed by atoms with van der Waals surface area (Å²) in [4.78, 5) is 7.72. The summed E-state index contributed by atoms with van der Waals surface area (Å²) in [7, 11) is 1.64. The number of allylic oxidation sites excluding steroid dienone is 1. The molecule has 5 heteroatoms.